The molecule has 2 heteroatoms. The number of nitrogens with zero attached hydrogens (tertiary/aromatic N) is 1. The first-order valence-corrected chi connectivity index (χ1v) is 4.57. The summed E-state index contributed by atoms with van der Waals surface area (Å²) in [6, 6.07) is 11.0. The van der Waals surface area contributed by atoms with E-state index in [1.165, 1.54) is 11.1 Å². The van der Waals surface area contributed by atoms with Crippen LogP contribution in [0, 0.1) is 11.3 Å². The van der Waals surface area contributed by atoms with Crippen LogP contribution in [-0.4, -0.2) is 6.04 Å². The normalized spacial score (nSPS) is 20.4. The van der Waals surface area contributed by atoms with Gasteiger partial charge in [-0.25, -0.2) is 0 Å². The van der Waals surface area contributed by atoms with Gasteiger partial charge in [0.2, 0.25) is 0 Å². The molecule has 2 nitrogen and oxygen atoms in total. The van der Waals surface area contributed by atoms with E-state index < -0.39 is 0 Å². The summed E-state index contributed by atoms with van der Waals surface area (Å²) in [5.74, 6) is 0. The Balaban J connectivity index is 2.16. The summed E-state index contributed by atoms with van der Waals surface area (Å²) in [6.45, 7) is 0.905. The van der Waals surface area contributed by atoms with Gasteiger partial charge < -0.3 is 5.32 Å². The Labute approximate surface area is 78.2 Å². The summed E-state index contributed by atoms with van der Waals surface area (Å²) >= 11 is 0. The third-order valence-corrected chi connectivity index (χ3v) is 2.50. The van der Waals surface area contributed by atoms with Crippen LogP contribution in [0.1, 0.15) is 17.5 Å². The molecule has 1 aliphatic heterocycles. The second-order valence-electron chi connectivity index (χ2n) is 3.41. The van der Waals surface area contributed by atoms with Gasteiger partial charge in [-0.15, -0.1) is 0 Å². The average Bonchev–Trinajstić information content (AvgIpc) is 2.18. The van der Waals surface area contributed by atoms with Gasteiger partial charge in [0.1, 0.15) is 0 Å². The van der Waals surface area contributed by atoms with Crippen molar-refractivity contribution in [3.63, 3.8) is 0 Å². The molecule has 0 saturated heterocycles. The highest BCUT2D eigenvalue weighted by Crippen LogP contribution is 2.17. The predicted molar refractivity (Wildman–Crippen MR) is 51.0 cm³/mol. The highest BCUT2D eigenvalue weighted by atomic mass is 14.9. The predicted octanol–water partition coefficient (Wildman–Crippen LogP) is 1.61. The molecule has 13 heavy (non-hydrogen) atoms. The van der Waals surface area contributed by atoms with Crippen LogP contribution in [0.5, 0.6) is 0 Å². The molecule has 66 valence electrons. The fourth-order valence-corrected chi connectivity index (χ4v) is 1.78. The van der Waals surface area contributed by atoms with Crippen molar-refractivity contribution >= 4 is 0 Å². The topological polar surface area (TPSA) is 35.8 Å². The van der Waals surface area contributed by atoms with Gasteiger partial charge in [0.25, 0.3) is 0 Å². The molecule has 1 aromatic rings. The zero-order chi connectivity index (χ0) is 9.10. The molecule has 0 amide bonds. The van der Waals surface area contributed by atoms with E-state index in [4.69, 9.17) is 5.26 Å². The summed E-state index contributed by atoms with van der Waals surface area (Å²) in [4.78, 5) is 0. The van der Waals surface area contributed by atoms with E-state index in [9.17, 15) is 0 Å². The summed E-state index contributed by atoms with van der Waals surface area (Å²) < 4.78 is 0. The van der Waals surface area contributed by atoms with Crippen molar-refractivity contribution in [1.29, 1.82) is 5.26 Å². The molecule has 0 saturated carbocycles. The fraction of sp³-hybridized carbons (Fsp3) is 0.364. The maximum Gasteiger partial charge on any atom is 0.0638 e. The second-order valence-corrected chi connectivity index (χ2v) is 3.41. The number of hydrogen-bond donors (Lipinski definition) is 1. The molecule has 1 aromatic carbocycles. The van der Waals surface area contributed by atoms with Gasteiger partial charge in [0, 0.05) is 12.6 Å². The Morgan fingerprint density at radius 2 is 2.15 bits per heavy atom. The number of hydrogen-bond acceptors (Lipinski definition) is 2. The second kappa shape index (κ2) is 3.59. The number of fused-ring (bicyclic) bond motifs is 1. The van der Waals surface area contributed by atoms with Crippen LogP contribution < -0.4 is 5.32 Å². The number of benzene rings is 1. The summed E-state index contributed by atoms with van der Waals surface area (Å²) in [6.07, 6.45) is 1.60. The first-order valence-electron chi connectivity index (χ1n) is 4.57. The van der Waals surface area contributed by atoms with E-state index in [1.807, 2.05) is 0 Å². The molecular formula is C11H12N2. The quantitative estimate of drug-likeness (QED) is 0.698. The lowest BCUT2D eigenvalue weighted by atomic mass is 9.95. The molecule has 1 unspecified atom stereocenters. The monoisotopic (exact) mass is 172 g/mol. The van der Waals surface area contributed by atoms with Crippen molar-refractivity contribution in [2.24, 2.45) is 0 Å². The van der Waals surface area contributed by atoms with Crippen molar-refractivity contribution in [3.05, 3.63) is 35.4 Å². The Bertz CT molecular complexity index is 338. The Kier molecular flexibility index (Phi) is 2.29. The summed E-state index contributed by atoms with van der Waals surface area (Å²) in [5.41, 5.74) is 2.76. The van der Waals surface area contributed by atoms with Gasteiger partial charge in [0.05, 0.1) is 12.5 Å². The van der Waals surface area contributed by atoms with Gasteiger partial charge in [-0.3, -0.25) is 0 Å². The van der Waals surface area contributed by atoms with Gasteiger partial charge >= 0.3 is 0 Å². The van der Waals surface area contributed by atoms with E-state index in [2.05, 4.69) is 35.7 Å². The molecule has 0 aliphatic carbocycles. The van der Waals surface area contributed by atoms with Crippen molar-refractivity contribution < 1.29 is 0 Å². The molecule has 1 N–H and O–H groups in total. The maximum absolute atomic E-state index is 8.58. The van der Waals surface area contributed by atoms with E-state index >= 15 is 0 Å². The van der Waals surface area contributed by atoms with Crippen LogP contribution in [0.4, 0.5) is 0 Å². The first-order chi connectivity index (χ1) is 6.40. The van der Waals surface area contributed by atoms with E-state index in [-0.39, 0.29) is 0 Å². The van der Waals surface area contributed by atoms with Crippen molar-refractivity contribution in [2.75, 3.05) is 0 Å². The van der Waals surface area contributed by atoms with Crippen LogP contribution in [0.15, 0.2) is 24.3 Å². The maximum atomic E-state index is 8.58. The number of nitrogens with one attached hydrogen (secondary N) is 1. The zero-order valence-corrected chi connectivity index (χ0v) is 7.46. The van der Waals surface area contributed by atoms with Gasteiger partial charge in [0.15, 0.2) is 0 Å². The van der Waals surface area contributed by atoms with Crippen molar-refractivity contribution in [2.45, 2.75) is 25.4 Å². The lowest BCUT2D eigenvalue weighted by Gasteiger charge is -2.24. The molecule has 1 aliphatic rings. The van der Waals surface area contributed by atoms with Gasteiger partial charge in [-0.2, -0.15) is 5.26 Å². The summed E-state index contributed by atoms with van der Waals surface area (Å²) in [7, 11) is 0. The van der Waals surface area contributed by atoms with E-state index in [0.29, 0.717) is 12.5 Å². The van der Waals surface area contributed by atoms with Gasteiger partial charge in [-0.05, 0) is 17.5 Å². The Morgan fingerprint density at radius 3 is 2.92 bits per heavy atom. The minimum absolute atomic E-state index is 0.347. The molecule has 1 heterocycles. The highest BCUT2D eigenvalue weighted by molar-refractivity contribution is 5.30. The molecule has 1 atom stereocenters. The molecular weight excluding hydrogens is 160 g/mol. The van der Waals surface area contributed by atoms with Crippen molar-refractivity contribution in [1.82, 2.24) is 5.32 Å². The standard InChI is InChI=1S/C11H12N2/c12-6-5-11-7-9-3-1-2-4-10(9)8-13-11/h1-4,11,13H,5,7-8H2. The molecule has 2 rings (SSSR count). The first kappa shape index (κ1) is 8.28. The molecule has 0 radical (unpaired) electrons. The number of rotatable bonds is 1. The average molecular weight is 172 g/mol. The third-order valence-electron chi connectivity index (χ3n) is 2.50. The van der Waals surface area contributed by atoms with Crippen LogP contribution >= 0.6 is 0 Å². The Morgan fingerprint density at radius 1 is 1.38 bits per heavy atom. The minimum Gasteiger partial charge on any atom is -0.309 e. The van der Waals surface area contributed by atoms with Crippen LogP contribution in [-0.2, 0) is 13.0 Å². The highest BCUT2D eigenvalue weighted by Gasteiger charge is 2.16. The van der Waals surface area contributed by atoms with Crippen LogP contribution in [0.2, 0.25) is 0 Å². The fourth-order valence-electron chi connectivity index (χ4n) is 1.78. The molecule has 0 aromatic heterocycles. The van der Waals surface area contributed by atoms with Crippen LogP contribution in [0.25, 0.3) is 0 Å². The zero-order valence-electron chi connectivity index (χ0n) is 7.46. The van der Waals surface area contributed by atoms with E-state index in [1.54, 1.807) is 0 Å². The molecule has 0 bridgehead atoms. The van der Waals surface area contributed by atoms with Crippen molar-refractivity contribution in [3.8, 4) is 6.07 Å². The van der Waals surface area contributed by atoms with E-state index in [0.717, 1.165) is 13.0 Å². The minimum atomic E-state index is 0.347. The molecule has 0 fully saturated rings. The lowest BCUT2D eigenvalue weighted by molar-refractivity contribution is 0.487. The Hall–Kier alpha value is -1.33. The molecule has 0 spiro atoms. The summed E-state index contributed by atoms with van der Waals surface area (Å²) in [5, 5.41) is 11.9. The third kappa shape index (κ3) is 1.71. The lowest BCUT2D eigenvalue weighted by Crippen LogP contribution is -2.35. The number of nitriles is 1. The SMILES string of the molecule is N#CCC1Cc2ccccc2CN1. The van der Waals surface area contributed by atoms with Gasteiger partial charge in [-0.1, -0.05) is 24.3 Å². The smallest absolute Gasteiger partial charge is 0.0638 e. The van der Waals surface area contributed by atoms with Crippen LogP contribution in [0.3, 0.4) is 0 Å². The largest absolute Gasteiger partial charge is 0.309 e.